The summed E-state index contributed by atoms with van der Waals surface area (Å²) >= 11 is 1.58. The number of likely N-dealkylation sites (N-methyl/N-ethyl adjacent to an activating group) is 1. The van der Waals surface area contributed by atoms with E-state index in [0.717, 1.165) is 29.0 Å². The summed E-state index contributed by atoms with van der Waals surface area (Å²) in [5, 5.41) is 2.83. The van der Waals surface area contributed by atoms with Gasteiger partial charge in [0, 0.05) is 17.6 Å². The van der Waals surface area contributed by atoms with Gasteiger partial charge in [0.15, 0.2) is 0 Å². The van der Waals surface area contributed by atoms with E-state index in [4.69, 9.17) is 0 Å². The van der Waals surface area contributed by atoms with E-state index < -0.39 is 0 Å². The Morgan fingerprint density at radius 2 is 2.00 bits per heavy atom. The molecular formula is C20H24N2O2S. The number of aryl methyl sites for hydroxylation is 2. The first kappa shape index (κ1) is 17.7. The number of fused-ring (bicyclic) bond motifs is 1. The second-order valence-corrected chi connectivity index (χ2v) is 8.12. The van der Waals surface area contributed by atoms with E-state index in [-0.39, 0.29) is 18.4 Å². The van der Waals surface area contributed by atoms with Crippen LogP contribution in [0.5, 0.6) is 0 Å². The number of nitrogens with zero attached hydrogens (tertiary/aromatic N) is 1. The Labute approximate surface area is 152 Å². The van der Waals surface area contributed by atoms with Gasteiger partial charge in [-0.2, -0.15) is 0 Å². The van der Waals surface area contributed by atoms with E-state index >= 15 is 0 Å². The Hall–Kier alpha value is -2.14. The topological polar surface area (TPSA) is 49.4 Å². The maximum atomic E-state index is 12.6. The number of amides is 2. The van der Waals surface area contributed by atoms with Crippen molar-refractivity contribution < 1.29 is 9.59 Å². The molecule has 1 atom stereocenters. The van der Waals surface area contributed by atoms with Crippen LogP contribution in [0.25, 0.3) is 0 Å². The molecule has 1 N–H and O–H groups in total. The van der Waals surface area contributed by atoms with E-state index in [2.05, 4.69) is 12.2 Å². The second kappa shape index (κ2) is 7.40. The average molecular weight is 356 g/mol. The number of carbonyl (C=O) groups is 2. The van der Waals surface area contributed by atoms with Gasteiger partial charge in [-0.15, -0.1) is 11.3 Å². The second-order valence-electron chi connectivity index (χ2n) is 6.98. The lowest BCUT2D eigenvalue weighted by Gasteiger charge is -2.16. The molecule has 1 aromatic heterocycles. The molecular weight excluding hydrogens is 332 g/mol. The van der Waals surface area contributed by atoms with Crippen LogP contribution in [-0.2, 0) is 17.6 Å². The molecule has 5 heteroatoms. The Balaban J connectivity index is 1.60. The zero-order valence-corrected chi connectivity index (χ0v) is 15.8. The van der Waals surface area contributed by atoms with Gasteiger partial charge in [-0.1, -0.05) is 24.6 Å². The highest BCUT2D eigenvalue weighted by atomic mass is 32.1. The van der Waals surface area contributed by atoms with Gasteiger partial charge < -0.3 is 10.2 Å². The van der Waals surface area contributed by atoms with Crippen molar-refractivity contribution in [1.82, 2.24) is 4.90 Å². The summed E-state index contributed by atoms with van der Waals surface area (Å²) in [6, 6.07) is 9.64. The van der Waals surface area contributed by atoms with Gasteiger partial charge in [0.25, 0.3) is 5.91 Å². The highest BCUT2D eigenvalue weighted by Gasteiger charge is 2.23. The minimum atomic E-state index is -0.186. The lowest BCUT2D eigenvalue weighted by Crippen LogP contribution is -2.34. The molecule has 0 unspecified atom stereocenters. The first-order valence-electron chi connectivity index (χ1n) is 8.66. The summed E-state index contributed by atoms with van der Waals surface area (Å²) in [7, 11) is 1.68. The summed E-state index contributed by atoms with van der Waals surface area (Å²) in [6.07, 6.45) is 3.30. The predicted octanol–water partition coefficient (Wildman–Crippen LogP) is 3.89. The summed E-state index contributed by atoms with van der Waals surface area (Å²) in [4.78, 5) is 28.4. The van der Waals surface area contributed by atoms with Gasteiger partial charge in [0.1, 0.15) is 0 Å². The third-order valence-electron chi connectivity index (χ3n) is 4.60. The van der Waals surface area contributed by atoms with Crippen LogP contribution in [0.4, 0.5) is 5.69 Å². The Morgan fingerprint density at radius 3 is 2.72 bits per heavy atom. The molecule has 132 valence electrons. The fourth-order valence-corrected chi connectivity index (χ4v) is 4.33. The monoisotopic (exact) mass is 356 g/mol. The maximum absolute atomic E-state index is 12.6. The van der Waals surface area contributed by atoms with Crippen molar-refractivity contribution >= 4 is 28.8 Å². The van der Waals surface area contributed by atoms with Gasteiger partial charge in [-0.3, -0.25) is 9.59 Å². The van der Waals surface area contributed by atoms with Crippen LogP contribution >= 0.6 is 11.3 Å². The minimum Gasteiger partial charge on any atom is -0.332 e. The summed E-state index contributed by atoms with van der Waals surface area (Å²) in [5.41, 5.74) is 3.20. The number of rotatable bonds is 4. The Morgan fingerprint density at radius 1 is 1.28 bits per heavy atom. The number of thiophene rings is 1. The van der Waals surface area contributed by atoms with E-state index in [1.807, 2.05) is 37.3 Å². The summed E-state index contributed by atoms with van der Waals surface area (Å²) < 4.78 is 0. The molecule has 0 spiro atoms. The van der Waals surface area contributed by atoms with Crippen molar-refractivity contribution in [3.05, 3.63) is 51.2 Å². The van der Waals surface area contributed by atoms with Gasteiger partial charge in [-0.05, 0) is 55.9 Å². The van der Waals surface area contributed by atoms with E-state index in [0.29, 0.717) is 5.92 Å². The molecule has 2 aromatic rings. The smallest absolute Gasteiger partial charge is 0.264 e. The van der Waals surface area contributed by atoms with E-state index in [1.54, 1.807) is 18.4 Å². The normalized spacial score (nSPS) is 16.2. The molecule has 0 bridgehead atoms. The molecule has 1 heterocycles. The molecule has 1 aliphatic rings. The van der Waals surface area contributed by atoms with Crippen LogP contribution < -0.4 is 5.32 Å². The third-order valence-corrected chi connectivity index (χ3v) is 5.83. The van der Waals surface area contributed by atoms with Gasteiger partial charge in [0.05, 0.1) is 11.4 Å². The number of anilines is 1. The zero-order valence-electron chi connectivity index (χ0n) is 15.0. The first-order chi connectivity index (χ1) is 11.9. The fraction of sp³-hybridized carbons (Fsp3) is 0.400. The van der Waals surface area contributed by atoms with Crippen LogP contribution in [0.3, 0.4) is 0 Å². The molecule has 25 heavy (non-hydrogen) atoms. The SMILES string of the molecule is Cc1ccc(NC(=O)CN(C)C(=O)c2cc3c(s2)CC[C@@H](C)C3)cc1. The predicted molar refractivity (Wildman–Crippen MR) is 102 cm³/mol. The maximum Gasteiger partial charge on any atom is 0.264 e. The molecule has 4 nitrogen and oxygen atoms in total. The molecule has 1 aliphatic carbocycles. The van der Waals surface area contributed by atoms with Gasteiger partial charge in [0.2, 0.25) is 5.91 Å². The number of carbonyl (C=O) groups excluding carboxylic acids is 2. The minimum absolute atomic E-state index is 0.0473. The van der Waals surface area contributed by atoms with Crippen LogP contribution in [0.1, 0.15) is 39.0 Å². The van der Waals surface area contributed by atoms with Gasteiger partial charge in [-0.25, -0.2) is 0 Å². The Kier molecular flexibility index (Phi) is 5.23. The highest BCUT2D eigenvalue weighted by Crippen LogP contribution is 2.32. The lowest BCUT2D eigenvalue weighted by atomic mass is 9.90. The number of hydrogen-bond donors (Lipinski definition) is 1. The molecule has 2 amide bonds. The largest absolute Gasteiger partial charge is 0.332 e. The number of hydrogen-bond acceptors (Lipinski definition) is 3. The highest BCUT2D eigenvalue weighted by molar-refractivity contribution is 7.14. The standard InChI is InChI=1S/C20H24N2O2S/c1-13-4-7-16(8-5-13)21-19(23)12-22(3)20(24)18-11-15-10-14(2)6-9-17(15)25-18/h4-5,7-8,11,14H,6,9-10,12H2,1-3H3,(H,21,23)/t14-/m1/s1. The van der Waals surface area contributed by atoms with Crippen molar-refractivity contribution in [2.24, 2.45) is 5.92 Å². The molecule has 0 aliphatic heterocycles. The van der Waals surface area contributed by atoms with Crippen molar-refractivity contribution in [2.75, 3.05) is 18.9 Å². The van der Waals surface area contributed by atoms with Crippen LogP contribution in [-0.4, -0.2) is 30.3 Å². The van der Waals surface area contributed by atoms with Crippen LogP contribution in [0.15, 0.2) is 30.3 Å². The zero-order chi connectivity index (χ0) is 18.0. The van der Waals surface area contributed by atoms with Crippen molar-refractivity contribution in [3.63, 3.8) is 0 Å². The third kappa shape index (κ3) is 4.28. The average Bonchev–Trinajstić information content (AvgIpc) is 2.99. The van der Waals surface area contributed by atoms with Crippen LogP contribution in [0.2, 0.25) is 0 Å². The summed E-state index contributed by atoms with van der Waals surface area (Å²) in [5.74, 6) is 0.420. The van der Waals surface area contributed by atoms with E-state index in [9.17, 15) is 9.59 Å². The lowest BCUT2D eigenvalue weighted by molar-refractivity contribution is -0.116. The van der Waals surface area contributed by atoms with Crippen molar-refractivity contribution in [3.8, 4) is 0 Å². The molecule has 0 fully saturated rings. The molecule has 0 saturated heterocycles. The molecule has 0 saturated carbocycles. The first-order valence-corrected chi connectivity index (χ1v) is 9.47. The fourth-order valence-electron chi connectivity index (χ4n) is 3.12. The van der Waals surface area contributed by atoms with Crippen molar-refractivity contribution in [2.45, 2.75) is 33.1 Å². The molecule has 0 radical (unpaired) electrons. The van der Waals surface area contributed by atoms with E-state index in [1.165, 1.54) is 21.8 Å². The number of benzene rings is 1. The van der Waals surface area contributed by atoms with Crippen LogP contribution in [0, 0.1) is 12.8 Å². The quantitative estimate of drug-likeness (QED) is 0.903. The number of nitrogens with one attached hydrogen (secondary N) is 1. The van der Waals surface area contributed by atoms with Gasteiger partial charge >= 0.3 is 0 Å². The molecule has 1 aromatic carbocycles. The summed E-state index contributed by atoms with van der Waals surface area (Å²) in [6.45, 7) is 4.30. The Bertz CT molecular complexity index is 779. The molecule has 3 rings (SSSR count). The van der Waals surface area contributed by atoms with Crippen molar-refractivity contribution in [1.29, 1.82) is 0 Å².